The second-order valence-corrected chi connectivity index (χ2v) is 6.84. The Bertz CT molecular complexity index is 850. The van der Waals surface area contributed by atoms with E-state index in [4.69, 9.17) is 23.8 Å². The van der Waals surface area contributed by atoms with Crippen molar-refractivity contribution in [1.29, 1.82) is 0 Å². The van der Waals surface area contributed by atoms with Crippen molar-refractivity contribution < 1.29 is 9.59 Å². The first-order valence-corrected chi connectivity index (χ1v) is 9.09. The Labute approximate surface area is 162 Å². The summed E-state index contributed by atoms with van der Waals surface area (Å²) in [6.45, 7) is 1.59. The zero-order valence-electron chi connectivity index (χ0n) is 14.0. The van der Waals surface area contributed by atoms with Crippen LogP contribution >= 0.6 is 23.8 Å². The lowest BCUT2D eigenvalue weighted by atomic mass is 10.2. The minimum atomic E-state index is -0.353. The third-order valence-electron chi connectivity index (χ3n) is 4.07. The number of nitrogens with zero attached hydrogens (tertiary/aromatic N) is 1. The molecule has 0 saturated carbocycles. The van der Waals surface area contributed by atoms with Gasteiger partial charge in [-0.25, -0.2) is 0 Å². The summed E-state index contributed by atoms with van der Waals surface area (Å²) in [4.78, 5) is 26.5. The molecule has 0 aromatic heterocycles. The molecular weight excluding hydrogens is 370 g/mol. The van der Waals surface area contributed by atoms with Gasteiger partial charge in [0, 0.05) is 34.9 Å². The van der Waals surface area contributed by atoms with Crippen LogP contribution < -0.4 is 10.6 Å². The zero-order valence-corrected chi connectivity index (χ0v) is 15.6. The van der Waals surface area contributed by atoms with E-state index in [1.807, 2.05) is 4.90 Å². The smallest absolute Gasteiger partial charge is 0.257 e. The van der Waals surface area contributed by atoms with Gasteiger partial charge in [-0.1, -0.05) is 23.7 Å². The molecule has 5 nitrogen and oxygen atoms in total. The Kier molecular flexibility index (Phi) is 5.85. The molecule has 2 amide bonds. The third-order valence-corrected chi connectivity index (χ3v) is 4.51. The highest BCUT2D eigenvalue weighted by molar-refractivity contribution is 7.80. The van der Waals surface area contributed by atoms with Crippen LogP contribution in [0.3, 0.4) is 0 Å². The number of thiocarbonyl (C=S) groups is 1. The molecule has 1 saturated heterocycles. The Hall–Kier alpha value is -2.44. The lowest BCUT2D eigenvalue weighted by molar-refractivity contribution is 0.0792. The summed E-state index contributed by atoms with van der Waals surface area (Å²) in [5, 5.41) is 6.17. The molecule has 0 atom stereocenters. The molecule has 1 fully saturated rings. The molecule has 0 bridgehead atoms. The third kappa shape index (κ3) is 4.59. The molecule has 0 spiro atoms. The van der Waals surface area contributed by atoms with Gasteiger partial charge in [0.05, 0.1) is 0 Å². The van der Waals surface area contributed by atoms with Gasteiger partial charge in [-0.15, -0.1) is 0 Å². The van der Waals surface area contributed by atoms with E-state index in [2.05, 4.69) is 10.6 Å². The number of benzene rings is 2. The van der Waals surface area contributed by atoms with Crippen LogP contribution in [0, 0.1) is 0 Å². The van der Waals surface area contributed by atoms with Crippen molar-refractivity contribution in [2.24, 2.45) is 0 Å². The predicted molar refractivity (Wildman–Crippen MR) is 107 cm³/mol. The number of carbonyl (C=O) groups excluding carboxylic acids is 2. The molecule has 2 aromatic carbocycles. The molecule has 1 heterocycles. The quantitative estimate of drug-likeness (QED) is 0.788. The molecule has 134 valence electrons. The van der Waals surface area contributed by atoms with Crippen molar-refractivity contribution in [2.75, 3.05) is 18.4 Å². The van der Waals surface area contributed by atoms with Crippen molar-refractivity contribution in [3.05, 3.63) is 64.7 Å². The van der Waals surface area contributed by atoms with E-state index in [-0.39, 0.29) is 16.9 Å². The van der Waals surface area contributed by atoms with E-state index in [0.717, 1.165) is 25.9 Å². The van der Waals surface area contributed by atoms with Gasteiger partial charge in [0.15, 0.2) is 5.11 Å². The van der Waals surface area contributed by atoms with Crippen LogP contribution in [0.2, 0.25) is 5.02 Å². The van der Waals surface area contributed by atoms with Gasteiger partial charge in [0.2, 0.25) is 0 Å². The Morgan fingerprint density at radius 3 is 2.42 bits per heavy atom. The van der Waals surface area contributed by atoms with E-state index >= 15 is 0 Å². The van der Waals surface area contributed by atoms with Gasteiger partial charge in [-0.3, -0.25) is 14.9 Å². The fraction of sp³-hybridized carbons (Fsp3) is 0.211. The van der Waals surface area contributed by atoms with Crippen LogP contribution in [0.4, 0.5) is 5.69 Å². The molecule has 0 unspecified atom stereocenters. The number of rotatable bonds is 3. The first kappa shape index (κ1) is 18.4. The maximum Gasteiger partial charge on any atom is 0.257 e. The van der Waals surface area contributed by atoms with Gasteiger partial charge in [0.25, 0.3) is 11.8 Å². The molecule has 0 radical (unpaired) electrons. The second kappa shape index (κ2) is 8.29. The summed E-state index contributed by atoms with van der Waals surface area (Å²) >= 11 is 11.1. The van der Waals surface area contributed by atoms with Crippen molar-refractivity contribution in [3.8, 4) is 0 Å². The SMILES string of the molecule is O=C(NC(=S)Nc1cccc(C(=O)N2CCCC2)c1)c1cccc(Cl)c1. The number of carbonyl (C=O) groups is 2. The topological polar surface area (TPSA) is 61.4 Å². The highest BCUT2D eigenvalue weighted by Crippen LogP contribution is 2.16. The molecule has 0 aliphatic carbocycles. The van der Waals surface area contributed by atoms with Crippen LogP contribution in [0.15, 0.2) is 48.5 Å². The maximum atomic E-state index is 12.5. The van der Waals surface area contributed by atoms with E-state index in [9.17, 15) is 9.59 Å². The number of nitrogens with one attached hydrogen (secondary N) is 2. The normalized spacial score (nSPS) is 13.3. The number of hydrogen-bond donors (Lipinski definition) is 2. The van der Waals surface area contributed by atoms with Gasteiger partial charge in [0.1, 0.15) is 0 Å². The summed E-state index contributed by atoms with van der Waals surface area (Å²) < 4.78 is 0. The molecule has 1 aliphatic rings. The number of anilines is 1. The van der Waals surface area contributed by atoms with E-state index in [1.54, 1.807) is 48.5 Å². The summed E-state index contributed by atoms with van der Waals surface area (Å²) in [6.07, 6.45) is 2.09. The van der Waals surface area contributed by atoms with Crippen LogP contribution in [-0.2, 0) is 0 Å². The Balaban J connectivity index is 1.63. The van der Waals surface area contributed by atoms with Crippen LogP contribution in [0.25, 0.3) is 0 Å². The molecular formula is C19H18ClN3O2S. The van der Waals surface area contributed by atoms with Gasteiger partial charge < -0.3 is 10.2 Å². The molecule has 26 heavy (non-hydrogen) atoms. The number of halogens is 1. The number of hydrogen-bond acceptors (Lipinski definition) is 3. The highest BCUT2D eigenvalue weighted by atomic mass is 35.5. The first-order valence-electron chi connectivity index (χ1n) is 8.30. The standard InChI is InChI=1S/C19H18ClN3O2S/c20-15-7-3-5-13(11-15)17(24)22-19(26)21-16-8-4-6-14(12-16)18(25)23-9-1-2-10-23/h3-8,11-12H,1-2,9-10H2,(H2,21,22,24,26). The van der Waals surface area contributed by atoms with Crippen molar-refractivity contribution in [2.45, 2.75) is 12.8 Å². The Morgan fingerprint density at radius 1 is 1.00 bits per heavy atom. The fourth-order valence-electron chi connectivity index (χ4n) is 2.80. The number of likely N-dealkylation sites (tertiary alicyclic amines) is 1. The van der Waals surface area contributed by atoms with E-state index in [0.29, 0.717) is 21.8 Å². The van der Waals surface area contributed by atoms with Gasteiger partial charge in [-0.05, 0) is 61.5 Å². The summed E-state index contributed by atoms with van der Waals surface area (Å²) in [6, 6.07) is 13.7. The molecule has 1 aliphatic heterocycles. The second-order valence-electron chi connectivity index (χ2n) is 6.00. The molecule has 3 rings (SSSR count). The summed E-state index contributed by atoms with van der Waals surface area (Å²) in [7, 11) is 0. The van der Waals surface area contributed by atoms with Gasteiger partial charge in [-0.2, -0.15) is 0 Å². The van der Waals surface area contributed by atoms with Crippen molar-refractivity contribution in [3.63, 3.8) is 0 Å². The number of amides is 2. The molecule has 7 heteroatoms. The first-order chi connectivity index (χ1) is 12.5. The summed E-state index contributed by atoms with van der Waals surface area (Å²) in [5.74, 6) is -0.339. The average Bonchev–Trinajstić information content (AvgIpc) is 3.16. The summed E-state index contributed by atoms with van der Waals surface area (Å²) in [5.41, 5.74) is 1.66. The fourth-order valence-corrected chi connectivity index (χ4v) is 3.20. The lowest BCUT2D eigenvalue weighted by Crippen LogP contribution is -2.34. The van der Waals surface area contributed by atoms with Crippen LogP contribution in [0.5, 0.6) is 0 Å². The van der Waals surface area contributed by atoms with Crippen LogP contribution in [0.1, 0.15) is 33.6 Å². The van der Waals surface area contributed by atoms with Crippen molar-refractivity contribution >= 4 is 46.4 Å². The Morgan fingerprint density at radius 2 is 1.69 bits per heavy atom. The van der Waals surface area contributed by atoms with Crippen LogP contribution in [-0.4, -0.2) is 34.9 Å². The monoisotopic (exact) mass is 387 g/mol. The molecule has 2 N–H and O–H groups in total. The van der Waals surface area contributed by atoms with E-state index in [1.165, 1.54) is 0 Å². The maximum absolute atomic E-state index is 12.5. The highest BCUT2D eigenvalue weighted by Gasteiger charge is 2.19. The molecule has 2 aromatic rings. The lowest BCUT2D eigenvalue weighted by Gasteiger charge is -2.16. The average molecular weight is 388 g/mol. The minimum Gasteiger partial charge on any atom is -0.339 e. The largest absolute Gasteiger partial charge is 0.339 e. The minimum absolute atomic E-state index is 0.0139. The van der Waals surface area contributed by atoms with Gasteiger partial charge >= 0.3 is 0 Å². The zero-order chi connectivity index (χ0) is 18.5. The van der Waals surface area contributed by atoms with E-state index < -0.39 is 0 Å². The predicted octanol–water partition coefficient (Wildman–Crippen LogP) is 3.70. The van der Waals surface area contributed by atoms with Crippen molar-refractivity contribution in [1.82, 2.24) is 10.2 Å².